The van der Waals surface area contributed by atoms with Crippen molar-refractivity contribution in [3.8, 4) is 0 Å². The van der Waals surface area contributed by atoms with Gasteiger partial charge in [-0.25, -0.2) is 0 Å². The van der Waals surface area contributed by atoms with Crippen LogP contribution in [0.4, 0.5) is 18.9 Å². The number of nitrogens with zero attached hydrogens (tertiary/aromatic N) is 1. The zero-order valence-corrected chi connectivity index (χ0v) is 16.8. The van der Waals surface area contributed by atoms with E-state index < -0.39 is 11.7 Å². The number of rotatable bonds is 4. The van der Waals surface area contributed by atoms with Gasteiger partial charge < -0.3 is 14.6 Å². The number of hydrogen-bond acceptors (Lipinski definition) is 3. The van der Waals surface area contributed by atoms with Crippen LogP contribution in [0.3, 0.4) is 0 Å². The summed E-state index contributed by atoms with van der Waals surface area (Å²) in [7, 11) is 0. The lowest BCUT2D eigenvalue weighted by Gasteiger charge is -2.25. The largest absolute Gasteiger partial charge is 0.461 e. The molecule has 0 saturated heterocycles. The number of alkyl halides is 3. The van der Waals surface area contributed by atoms with Gasteiger partial charge in [-0.05, 0) is 55.4 Å². The molecule has 2 heterocycles. The second-order valence-electron chi connectivity index (χ2n) is 6.59. The molecule has 29 heavy (non-hydrogen) atoms. The Hall–Kier alpha value is -2.32. The zero-order chi connectivity index (χ0) is 21.0. The Morgan fingerprint density at radius 3 is 2.76 bits per heavy atom. The van der Waals surface area contributed by atoms with E-state index in [0.29, 0.717) is 36.8 Å². The van der Waals surface area contributed by atoms with Gasteiger partial charge in [0.1, 0.15) is 0 Å². The molecule has 0 saturated carbocycles. The fourth-order valence-corrected chi connectivity index (χ4v) is 3.46. The van der Waals surface area contributed by atoms with Gasteiger partial charge in [-0.1, -0.05) is 23.3 Å². The quantitative estimate of drug-likeness (QED) is 0.360. The number of carbonyl (C=O) groups excluding carboxylic acids is 1. The van der Waals surface area contributed by atoms with Crippen LogP contribution in [-0.2, 0) is 6.18 Å². The molecule has 0 radical (unpaired) electrons. The summed E-state index contributed by atoms with van der Waals surface area (Å²) in [4.78, 5) is 14.1. The maximum Gasteiger partial charge on any atom is 0.416 e. The van der Waals surface area contributed by atoms with Crippen LogP contribution in [0, 0.1) is 0 Å². The third kappa shape index (κ3) is 5.61. The summed E-state index contributed by atoms with van der Waals surface area (Å²) in [5.74, 6) is 0.231. The second-order valence-corrected chi connectivity index (χ2v) is 7.38. The molecule has 3 rings (SSSR count). The van der Waals surface area contributed by atoms with E-state index in [-0.39, 0.29) is 22.9 Å². The summed E-state index contributed by atoms with van der Waals surface area (Å²) in [6.07, 6.45) is 0.537. The van der Waals surface area contributed by atoms with Gasteiger partial charge in [-0.3, -0.25) is 4.79 Å². The molecule has 0 bridgehead atoms. The van der Waals surface area contributed by atoms with Crippen LogP contribution < -0.4 is 5.32 Å². The number of thiocarbonyl (C=S) groups is 1. The minimum atomic E-state index is -4.47. The van der Waals surface area contributed by atoms with Crippen LogP contribution in [0.5, 0.6) is 0 Å². The van der Waals surface area contributed by atoms with Crippen molar-refractivity contribution in [1.29, 1.82) is 0 Å². The molecule has 1 aromatic carbocycles. The third-order valence-corrected chi connectivity index (χ3v) is 5.23. The number of halogens is 4. The maximum absolute atomic E-state index is 12.9. The summed E-state index contributed by atoms with van der Waals surface area (Å²) in [6, 6.07) is 6.35. The minimum Gasteiger partial charge on any atom is -0.461 e. The van der Waals surface area contributed by atoms with E-state index in [1.165, 1.54) is 12.3 Å². The molecule has 0 aliphatic carbocycles. The predicted molar refractivity (Wildman–Crippen MR) is 109 cm³/mol. The second kappa shape index (κ2) is 9.00. The number of anilines is 1. The molecule has 0 unspecified atom stereocenters. The summed E-state index contributed by atoms with van der Waals surface area (Å²) < 4.78 is 43.9. The lowest BCUT2D eigenvalue weighted by molar-refractivity contribution is -0.137. The number of benzene rings is 1. The Morgan fingerprint density at radius 1 is 1.28 bits per heavy atom. The fourth-order valence-electron chi connectivity index (χ4n) is 3.00. The standard InChI is InChI=1S/C20H18ClF3N2O2S/c21-15-6-5-14(20(22,23)24)12-16(15)25-19(29)26-8-1-3-13(7-9-26)11-17(27)18-4-2-10-28-18/h2-6,10,12H,1,7-9,11H2,(H,25,29). The van der Waals surface area contributed by atoms with Crippen LogP contribution in [0.25, 0.3) is 0 Å². The molecule has 1 aliphatic heterocycles. The zero-order valence-electron chi connectivity index (χ0n) is 15.3. The Labute approximate surface area is 176 Å². The van der Waals surface area contributed by atoms with Gasteiger partial charge in [-0.15, -0.1) is 0 Å². The molecule has 4 nitrogen and oxygen atoms in total. The molecular weight excluding hydrogens is 425 g/mol. The van der Waals surface area contributed by atoms with Gasteiger partial charge in [0, 0.05) is 19.5 Å². The van der Waals surface area contributed by atoms with Gasteiger partial charge in [0.2, 0.25) is 5.78 Å². The minimum absolute atomic E-state index is 0.0915. The molecule has 2 aromatic rings. The van der Waals surface area contributed by atoms with Crippen LogP contribution in [0.2, 0.25) is 5.02 Å². The first-order valence-corrected chi connectivity index (χ1v) is 9.70. The van der Waals surface area contributed by atoms with E-state index in [1.54, 1.807) is 12.1 Å². The number of nitrogens with one attached hydrogen (secondary N) is 1. The Balaban J connectivity index is 1.60. The summed E-state index contributed by atoms with van der Waals surface area (Å²) in [5.41, 5.74) is 0.286. The van der Waals surface area contributed by atoms with Crippen molar-refractivity contribution in [3.05, 3.63) is 64.6 Å². The molecule has 154 valence electrons. The average Bonchev–Trinajstić information content (AvgIpc) is 3.10. The molecule has 0 atom stereocenters. The van der Waals surface area contributed by atoms with Gasteiger partial charge in [0.05, 0.1) is 22.5 Å². The van der Waals surface area contributed by atoms with E-state index in [2.05, 4.69) is 5.32 Å². The van der Waals surface area contributed by atoms with Crippen LogP contribution in [0.15, 0.2) is 52.7 Å². The van der Waals surface area contributed by atoms with E-state index in [4.69, 9.17) is 28.2 Å². The van der Waals surface area contributed by atoms with Crippen molar-refractivity contribution in [2.24, 2.45) is 0 Å². The van der Waals surface area contributed by atoms with Crippen LogP contribution in [0.1, 0.15) is 35.4 Å². The molecule has 1 aromatic heterocycles. The van der Waals surface area contributed by atoms with Crippen molar-refractivity contribution in [1.82, 2.24) is 4.90 Å². The maximum atomic E-state index is 12.9. The summed E-state index contributed by atoms with van der Waals surface area (Å²) in [6.45, 7) is 1.13. The first kappa shape index (κ1) is 21.4. The molecule has 0 amide bonds. The summed E-state index contributed by atoms with van der Waals surface area (Å²) in [5, 5.41) is 3.26. The number of carbonyl (C=O) groups is 1. The van der Waals surface area contributed by atoms with Crippen molar-refractivity contribution in [3.63, 3.8) is 0 Å². The predicted octanol–water partition coefficient (Wildman–Crippen LogP) is 5.94. The number of furan rings is 1. The highest BCUT2D eigenvalue weighted by Crippen LogP contribution is 2.34. The van der Waals surface area contributed by atoms with Gasteiger partial charge in [0.15, 0.2) is 10.9 Å². The Kier molecular flexibility index (Phi) is 6.64. The third-order valence-electron chi connectivity index (χ3n) is 4.54. The molecule has 9 heteroatoms. The number of Topliss-reactive ketones (excluding diaryl/α,β-unsaturated/α-hetero) is 1. The Morgan fingerprint density at radius 2 is 2.07 bits per heavy atom. The molecule has 0 spiro atoms. The first-order valence-electron chi connectivity index (χ1n) is 8.91. The molecular formula is C20H18ClF3N2O2S. The lowest BCUT2D eigenvalue weighted by Crippen LogP contribution is -2.35. The average molecular weight is 443 g/mol. The van der Waals surface area contributed by atoms with E-state index in [0.717, 1.165) is 17.7 Å². The van der Waals surface area contributed by atoms with Crippen molar-refractivity contribution < 1.29 is 22.4 Å². The summed E-state index contributed by atoms with van der Waals surface area (Å²) >= 11 is 11.4. The van der Waals surface area contributed by atoms with Crippen molar-refractivity contribution in [2.45, 2.75) is 25.4 Å². The van der Waals surface area contributed by atoms with Crippen LogP contribution >= 0.6 is 23.8 Å². The topological polar surface area (TPSA) is 45.5 Å². The van der Waals surface area contributed by atoms with Gasteiger partial charge in [0.25, 0.3) is 0 Å². The number of hydrogen-bond donors (Lipinski definition) is 1. The van der Waals surface area contributed by atoms with E-state index >= 15 is 0 Å². The van der Waals surface area contributed by atoms with E-state index in [1.807, 2.05) is 11.0 Å². The first-order chi connectivity index (χ1) is 13.7. The van der Waals surface area contributed by atoms with E-state index in [9.17, 15) is 18.0 Å². The SMILES string of the molecule is O=C(CC1=CCCN(C(=S)Nc2cc(C(F)(F)F)ccc2Cl)CC1)c1ccco1. The number of ketones is 1. The highest BCUT2D eigenvalue weighted by molar-refractivity contribution is 7.80. The normalized spacial score (nSPS) is 14.9. The smallest absolute Gasteiger partial charge is 0.416 e. The highest BCUT2D eigenvalue weighted by atomic mass is 35.5. The lowest BCUT2D eigenvalue weighted by atomic mass is 10.0. The van der Waals surface area contributed by atoms with Crippen LogP contribution in [-0.4, -0.2) is 28.9 Å². The molecule has 0 fully saturated rings. The monoisotopic (exact) mass is 442 g/mol. The van der Waals surface area contributed by atoms with Gasteiger partial charge in [-0.2, -0.15) is 13.2 Å². The van der Waals surface area contributed by atoms with Crippen molar-refractivity contribution >= 4 is 40.4 Å². The highest BCUT2D eigenvalue weighted by Gasteiger charge is 2.31. The van der Waals surface area contributed by atoms with Gasteiger partial charge >= 0.3 is 6.18 Å². The molecule has 1 aliphatic rings. The van der Waals surface area contributed by atoms with Crippen molar-refractivity contribution in [2.75, 3.05) is 18.4 Å². The molecule has 1 N–H and O–H groups in total. The fraction of sp³-hybridized carbons (Fsp3) is 0.300. The Bertz CT molecular complexity index is 926.